The second-order valence-corrected chi connectivity index (χ2v) is 5.74. The predicted molar refractivity (Wildman–Crippen MR) is 102 cm³/mol. The third kappa shape index (κ3) is 3.67. The Morgan fingerprint density at radius 1 is 0.962 bits per heavy atom. The zero-order valence-corrected chi connectivity index (χ0v) is 14.9. The molecule has 0 atom stereocenters. The number of carbonyl (C=O) groups is 1. The second-order valence-electron chi connectivity index (χ2n) is 5.74. The first-order valence-corrected chi connectivity index (χ1v) is 8.19. The van der Waals surface area contributed by atoms with Crippen molar-refractivity contribution in [1.82, 2.24) is 4.98 Å². The molecule has 0 aliphatic rings. The monoisotopic (exact) mass is 348 g/mol. The molecular formula is C21H20N2O3. The Labute approximate surface area is 152 Å². The molecule has 0 fully saturated rings. The minimum absolute atomic E-state index is 0.216. The highest BCUT2D eigenvalue weighted by Gasteiger charge is 2.13. The summed E-state index contributed by atoms with van der Waals surface area (Å²) in [5.74, 6) is 1.59. The van der Waals surface area contributed by atoms with E-state index < -0.39 is 0 Å². The van der Waals surface area contributed by atoms with Gasteiger partial charge in [0.05, 0.1) is 14.2 Å². The SMILES string of the molecule is COc1cccc(-c2cccc(C(=O)Nc3cccc(C)n3)c2)c1OC. The molecule has 5 heteroatoms. The van der Waals surface area contributed by atoms with Crippen molar-refractivity contribution in [3.63, 3.8) is 0 Å². The Morgan fingerprint density at radius 3 is 2.46 bits per heavy atom. The number of aryl methyl sites for hydroxylation is 1. The molecule has 2 aromatic carbocycles. The molecule has 0 aliphatic carbocycles. The molecule has 0 bridgehead atoms. The first-order chi connectivity index (χ1) is 12.6. The Balaban J connectivity index is 1.93. The van der Waals surface area contributed by atoms with Gasteiger partial charge < -0.3 is 14.8 Å². The van der Waals surface area contributed by atoms with E-state index in [2.05, 4.69) is 10.3 Å². The highest BCUT2D eigenvalue weighted by molar-refractivity contribution is 6.04. The minimum atomic E-state index is -0.216. The van der Waals surface area contributed by atoms with E-state index in [1.54, 1.807) is 26.4 Å². The van der Waals surface area contributed by atoms with Gasteiger partial charge in [-0.05, 0) is 42.8 Å². The smallest absolute Gasteiger partial charge is 0.256 e. The van der Waals surface area contributed by atoms with Gasteiger partial charge in [0.1, 0.15) is 5.82 Å². The van der Waals surface area contributed by atoms with Crippen molar-refractivity contribution in [2.45, 2.75) is 6.92 Å². The van der Waals surface area contributed by atoms with Crippen molar-refractivity contribution in [3.8, 4) is 22.6 Å². The maximum Gasteiger partial charge on any atom is 0.256 e. The molecule has 5 nitrogen and oxygen atoms in total. The molecule has 132 valence electrons. The highest BCUT2D eigenvalue weighted by Crippen LogP contribution is 2.37. The molecular weight excluding hydrogens is 328 g/mol. The van der Waals surface area contributed by atoms with Crippen LogP contribution in [0.2, 0.25) is 0 Å². The largest absolute Gasteiger partial charge is 0.493 e. The summed E-state index contributed by atoms with van der Waals surface area (Å²) in [5, 5.41) is 2.82. The van der Waals surface area contributed by atoms with Crippen LogP contribution in [0.5, 0.6) is 11.5 Å². The van der Waals surface area contributed by atoms with E-state index in [0.29, 0.717) is 22.9 Å². The van der Waals surface area contributed by atoms with Crippen LogP contribution in [-0.2, 0) is 0 Å². The lowest BCUT2D eigenvalue weighted by molar-refractivity contribution is 0.102. The molecule has 1 amide bonds. The van der Waals surface area contributed by atoms with E-state index in [1.165, 1.54) is 0 Å². The topological polar surface area (TPSA) is 60.5 Å². The molecule has 0 saturated carbocycles. The number of amides is 1. The number of nitrogens with one attached hydrogen (secondary N) is 1. The van der Waals surface area contributed by atoms with Crippen molar-refractivity contribution < 1.29 is 14.3 Å². The highest BCUT2D eigenvalue weighted by atomic mass is 16.5. The van der Waals surface area contributed by atoms with E-state index in [1.807, 2.05) is 55.5 Å². The molecule has 0 spiro atoms. The van der Waals surface area contributed by atoms with Crippen LogP contribution in [0, 0.1) is 6.92 Å². The van der Waals surface area contributed by atoms with Crippen molar-refractivity contribution in [1.29, 1.82) is 0 Å². The van der Waals surface area contributed by atoms with Crippen molar-refractivity contribution >= 4 is 11.7 Å². The van der Waals surface area contributed by atoms with Crippen LogP contribution < -0.4 is 14.8 Å². The molecule has 0 radical (unpaired) electrons. The lowest BCUT2D eigenvalue weighted by atomic mass is 10.0. The van der Waals surface area contributed by atoms with Crippen LogP contribution in [0.15, 0.2) is 60.7 Å². The number of rotatable bonds is 5. The first-order valence-electron chi connectivity index (χ1n) is 8.19. The van der Waals surface area contributed by atoms with Crippen LogP contribution in [0.4, 0.5) is 5.82 Å². The normalized spacial score (nSPS) is 10.3. The Bertz CT molecular complexity index is 938. The molecule has 0 saturated heterocycles. The molecule has 3 aromatic rings. The Kier molecular flexibility index (Phi) is 5.17. The summed E-state index contributed by atoms with van der Waals surface area (Å²) in [7, 11) is 3.20. The number of carbonyl (C=O) groups excluding carboxylic acids is 1. The fraction of sp³-hybridized carbons (Fsp3) is 0.143. The number of methoxy groups -OCH3 is 2. The summed E-state index contributed by atoms with van der Waals surface area (Å²) in [6.07, 6.45) is 0. The number of para-hydroxylation sites is 1. The van der Waals surface area contributed by atoms with Gasteiger partial charge in [0.25, 0.3) is 5.91 Å². The van der Waals surface area contributed by atoms with Gasteiger partial charge in [-0.15, -0.1) is 0 Å². The van der Waals surface area contributed by atoms with Gasteiger partial charge in [-0.2, -0.15) is 0 Å². The fourth-order valence-corrected chi connectivity index (χ4v) is 2.74. The summed E-state index contributed by atoms with van der Waals surface area (Å²) in [5.41, 5.74) is 3.11. The van der Waals surface area contributed by atoms with Gasteiger partial charge in [0, 0.05) is 16.8 Å². The van der Waals surface area contributed by atoms with E-state index >= 15 is 0 Å². The number of anilines is 1. The first kappa shape index (κ1) is 17.5. The maximum atomic E-state index is 12.6. The number of hydrogen-bond donors (Lipinski definition) is 1. The third-order valence-corrected chi connectivity index (χ3v) is 3.97. The molecule has 1 N–H and O–H groups in total. The average Bonchev–Trinajstić information content (AvgIpc) is 2.67. The van der Waals surface area contributed by atoms with E-state index in [-0.39, 0.29) is 5.91 Å². The van der Waals surface area contributed by atoms with Crippen molar-refractivity contribution in [3.05, 3.63) is 71.9 Å². The molecule has 3 rings (SSSR count). The van der Waals surface area contributed by atoms with Gasteiger partial charge in [0.2, 0.25) is 0 Å². The van der Waals surface area contributed by atoms with Crippen LogP contribution in [0.3, 0.4) is 0 Å². The van der Waals surface area contributed by atoms with Crippen LogP contribution in [-0.4, -0.2) is 25.1 Å². The molecule has 1 aromatic heterocycles. The van der Waals surface area contributed by atoms with E-state index in [9.17, 15) is 4.79 Å². The molecule has 0 unspecified atom stereocenters. The number of ether oxygens (including phenoxy) is 2. The van der Waals surface area contributed by atoms with Crippen molar-refractivity contribution in [2.75, 3.05) is 19.5 Å². The van der Waals surface area contributed by atoms with Gasteiger partial charge >= 0.3 is 0 Å². The predicted octanol–water partition coefficient (Wildman–Crippen LogP) is 4.33. The van der Waals surface area contributed by atoms with Crippen molar-refractivity contribution in [2.24, 2.45) is 0 Å². The van der Waals surface area contributed by atoms with E-state index in [4.69, 9.17) is 9.47 Å². The zero-order valence-electron chi connectivity index (χ0n) is 14.9. The van der Waals surface area contributed by atoms with Crippen LogP contribution >= 0.6 is 0 Å². The molecule has 1 heterocycles. The van der Waals surface area contributed by atoms with Crippen LogP contribution in [0.1, 0.15) is 16.1 Å². The second kappa shape index (κ2) is 7.70. The third-order valence-electron chi connectivity index (χ3n) is 3.97. The standard InChI is InChI=1S/C21H20N2O3/c1-14-7-4-12-19(22-14)23-21(24)16-9-5-8-15(13-16)17-10-6-11-18(25-2)20(17)26-3/h4-13H,1-3H3,(H,22,23,24). The number of hydrogen-bond acceptors (Lipinski definition) is 4. The number of aromatic nitrogens is 1. The van der Waals surface area contributed by atoms with Gasteiger partial charge in [-0.1, -0.05) is 30.3 Å². The summed E-state index contributed by atoms with van der Waals surface area (Å²) in [6, 6.07) is 18.5. The minimum Gasteiger partial charge on any atom is -0.493 e. The maximum absolute atomic E-state index is 12.6. The summed E-state index contributed by atoms with van der Waals surface area (Å²) in [4.78, 5) is 16.9. The lowest BCUT2D eigenvalue weighted by Gasteiger charge is -2.13. The number of nitrogens with zero attached hydrogens (tertiary/aromatic N) is 1. The van der Waals surface area contributed by atoms with Gasteiger partial charge in [-0.25, -0.2) is 4.98 Å². The quantitative estimate of drug-likeness (QED) is 0.746. The van der Waals surface area contributed by atoms with E-state index in [0.717, 1.165) is 16.8 Å². The van der Waals surface area contributed by atoms with Crippen LogP contribution in [0.25, 0.3) is 11.1 Å². The molecule has 26 heavy (non-hydrogen) atoms. The fourth-order valence-electron chi connectivity index (χ4n) is 2.74. The van der Waals surface area contributed by atoms with Gasteiger partial charge in [-0.3, -0.25) is 4.79 Å². The Hall–Kier alpha value is -3.34. The number of pyridine rings is 1. The lowest BCUT2D eigenvalue weighted by Crippen LogP contribution is -2.13. The number of benzene rings is 2. The Morgan fingerprint density at radius 2 is 1.73 bits per heavy atom. The zero-order chi connectivity index (χ0) is 18.5. The summed E-state index contributed by atoms with van der Waals surface area (Å²) >= 11 is 0. The summed E-state index contributed by atoms with van der Waals surface area (Å²) in [6.45, 7) is 1.88. The molecule has 0 aliphatic heterocycles. The average molecular weight is 348 g/mol. The summed E-state index contributed by atoms with van der Waals surface area (Å²) < 4.78 is 10.8. The van der Waals surface area contributed by atoms with Gasteiger partial charge in [0.15, 0.2) is 11.5 Å².